The van der Waals surface area contributed by atoms with Crippen LogP contribution in [0.15, 0.2) is 24.4 Å². The molecule has 3 heteroatoms. The van der Waals surface area contributed by atoms with Gasteiger partial charge in [-0.2, -0.15) is 0 Å². The van der Waals surface area contributed by atoms with Gasteiger partial charge >= 0.3 is 0 Å². The van der Waals surface area contributed by atoms with Crippen LogP contribution in [0.2, 0.25) is 0 Å². The van der Waals surface area contributed by atoms with Gasteiger partial charge in [0.05, 0.1) is 11.6 Å². The molecule has 0 spiro atoms. The third-order valence-corrected chi connectivity index (χ3v) is 3.79. The van der Waals surface area contributed by atoms with Gasteiger partial charge in [-0.25, -0.2) is 0 Å². The Kier molecular flexibility index (Phi) is 8.27. The highest BCUT2D eigenvalue weighted by Crippen LogP contribution is 2.35. The first kappa shape index (κ1) is 20.2. The first-order chi connectivity index (χ1) is 9.62. The molecule has 0 bridgehead atoms. The third-order valence-electron chi connectivity index (χ3n) is 3.79. The number of allylic oxidation sites excluding steroid dienone is 2. The predicted octanol–water partition coefficient (Wildman–Crippen LogP) is 3.56. The van der Waals surface area contributed by atoms with E-state index in [4.69, 9.17) is 0 Å². The van der Waals surface area contributed by atoms with Crippen LogP contribution in [0.1, 0.15) is 54.9 Å². The molecule has 0 amide bonds. The van der Waals surface area contributed by atoms with E-state index < -0.39 is 5.60 Å². The maximum Gasteiger partial charge on any atom is 0.0597 e. The van der Waals surface area contributed by atoms with Crippen LogP contribution < -0.4 is 5.32 Å². The third kappa shape index (κ3) is 6.66. The van der Waals surface area contributed by atoms with Gasteiger partial charge in [0.1, 0.15) is 0 Å². The van der Waals surface area contributed by atoms with Crippen LogP contribution >= 0.6 is 0 Å². The van der Waals surface area contributed by atoms with E-state index in [1.165, 1.54) is 5.70 Å². The zero-order valence-electron chi connectivity index (χ0n) is 15.2. The van der Waals surface area contributed by atoms with Crippen LogP contribution in [0.5, 0.6) is 0 Å². The van der Waals surface area contributed by atoms with Gasteiger partial charge in [-0.1, -0.05) is 33.4 Å². The highest BCUT2D eigenvalue weighted by molar-refractivity contribution is 5.19. The second kappa shape index (κ2) is 8.60. The molecule has 0 aromatic rings. The van der Waals surface area contributed by atoms with E-state index in [0.717, 1.165) is 26.1 Å². The molecule has 3 nitrogen and oxygen atoms in total. The van der Waals surface area contributed by atoms with Gasteiger partial charge in [-0.15, -0.1) is 0 Å². The van der Waals surface area contributed by atoms with Crippen LogP contribution in [0.25, 0.3) is 0 Å². The molecule has 2 N–H and O–H groups in total. The van der Waals surface area contributed by atoms with Crippen molar-refractivity contribution in [1.29, 1.82) is 0 Å². The maximum atomic E-state index is 10.3. The summed E-state index contributed by atoms with van der Waals surface area (Å²) in [5.74, 6) is 0. The molecule has 0 aliphatic heterocycles. The highest BCUT2D eigenvalue weighted by atomic mass is 16.3. The van der Waals surface area contributed by atoms with Crippen LogP contribution in [0.3, 0.4) is 0 Å². The topological polar surface area (TPSA) is 35.5 Å². The first-order valence-electron chi connectivity index (χ1n) is 8.16. The van der Waals surface area contributed by atoms with Crippen molar-refractivity contribution in [3.63, 3.8) is 0 Å². The fourth-order valence-corrected chi connectivity index (χ4v) is 3.30. The van der Waals surface area contributed by atoms with Crippen LogP contribution in [0, 0.1) is 5.41 Å². The van der Waals surface area contributed by atoms with Crippen molar-refractivity contribution >= 4 is 0 Å². The van der Waals surface area contributed by atoms with Gasteiger partial charge < -0.3 is 15.3 Å². The van der Waals surface area contributed by atoms with E-state index in [1.54, 1.807) is 0 Å². The fourth-order valence-electron chi connectivity index (χ4n) is 3.30. The van der Waals surface area contributed by atoms with E-state index in [0.29, 0.717) is 0 Å². The fraction of sp³-hybridized carbons (Fsp3) is 0.778. The van der Waals surface area contributed by atoms with Gasteiger partial charge in [0.25, 0.3) is 0 Å². The van der Waals surface area contributed by atoms with Crippen molar-refractivity contribution < 1.29 is 5.11 Å². The summed E-state index contributed by atoms with van der Waals surface area (Å²) >= 11 is 0. The molecule has 0 aromatic heterocycles. The zero-order chi connectivity index (χ0) is 16.7. The molecule has 21 heavy (non-hydrogen) atoms. The van der Waals surface area contributed by atoms with Gasteiger partial charge in [0.15, 0.2) is 0 Å². The Labute approximate surface area is 132 Å². The second-order valence-corrected chi connectivity index (χ2v) is 6.97. The van der Waals surface area contributed by atoms with Gasteiger partial charge in [0, 0.05) is 18.8 Å². The maximum absolute atomic E-state index is 10.3. The van der Waals surface area contributed by atoms with Crippen molar-refractivity contribution in [2.75, 3.05) is 19.6 Å². The number of rotatable bonds is 10. The van der Waals surface area contributed by atoms with Gasteiger partial charge in [-0.05, 0) is 52.2 Å². The molecule has 0 radical (unpaired) electrons. The minimum absolute atomic E-state index is 0.0638. The Morgan fingerprint density at radius 3 is 2.05 bits per heavy atom. The summed E-state index contributed by atoms with van der Waals surface area (Å²) in [6.07, 6.45) is 4.69. The number of hydrogen-bond acceptors (Lipinski definition) is 3. The SMILES string of the molecule is C=CC=C(C(NCC)C(C)(C)CC(C)(C)O)N(CC)CC. The van der Waals surface area contributed by atoms with Crippen molar-refractivity contribution in [2.24, 2.45) is 5.41 Å². The van der Waals surface area contributed by atoms with Crippen LogP contribution in [-0.2, 0) is 0 Å². The summed E-state index contributed by atoms with van der Waals surface area (Å²) in [5.41, 5.74) is 0.511. The van der Waals surface area contributed by atoms with Gasteiger partial charge in [0.2, 0.25) is 0 Å². The number of likely N-dealkylation sites (N-methyl/N-ethyl adjacent to an activating group) is 2. The minimum atomic E-state index is -0.681. The lowest BCUT2D eigenvalue weighted by Gasteiger charge is -2.43. The Hall–Kier alpha value is -0.800. The summed E-state index contributed by atoms with van der Waals surface area (Å²) in [4.78, 5) is 2.36. The Morgan fingerprint density at radius 2 is 1.71 bits per heavy atom. The Bertz CT molecular complexity index is 336. The monoisotopic (exact) mass is 296 g/mol. The average molecular weight is 296 g/mol. The molecule has 0 rings (SSSR count). The molecule has 0 saturated carbocycles. The molecule has 1 unspecified atom stereocenters. The molecule has 1 atom stereocenters. The molecular weight excluding hydrogens is 260 g/mol. The van der Waals surface area contributed by atoms with Crippen LogP contribution in [-0.4, -0.2) is 41.3 Å². The largest absolute Gasteiger partial charge is 0.390 e. The summed E-state index contributed by atoms with van der Waals surface area (Å²) in [6.45, 7) is 21.4. The number of aliphatic hydroxyl groups is 1. The predicted molar refractivity (Wildman–Crippen MR) is 93.4 cm³/mol. The summed E-state index contributed by atoms with van der Waals surface area (Å²) < 4.78 is 0. The normalized spacial score (nSPS) is 15.0. The lowest BCUT2D eigenvalue weighted by Crippen LogP contribution is -2.50. The zero-order valence-corrected chi connectivity index (χ0v) is 15.2. The number of hydrogen-bond donors (Lipinski definition) is 2. The minimum Gasteiger partial charge on any atom is -0.390 e. The molecule has 124 valence electrons. The number of nitrogens with one attached hydrogen (secondary N) is 1. The van der Waals surface area contributed by atoms with E-state index in [9.17, 15) is 5.11 Å². The Balaban J connectivity index is 5.60. The molecule has 0 heterocycles. The van der Waals surface area contributed by atoms with E-state index in [1.807, 2.05) is 19.9 Å². The van der Waals surface area contributed by atoms with E-state index in [2.05, 4.69) is 57.5 Å². The smallest absolute Gasteiger partial charge is 0.0597 e. The lowest BCUT2D eigenvalue weighted by molar-refractivity contribution is 0.0204. The summed E-state index contributed by atoms with van der Waals surface area (Å²) in [5, 5.41) is 13.9. The first-order valence-corrected chi connectivity index (χ1v) is 8.16. The molecule has 0 aromatic carbocycles. The quantitative estimate of drug-likeness (QED) is 0.605. The molecule has 0 fully saturated rings. The van der Waals surface area contributed by atoms with Crippen molar-refractivity contribution in [1.82, 2.24) is 10.2 Å². The van der Waals surface area contributed by atoms with E-state index in [-0.39, 0.29) is 11.5 Å². The number of nitrogens with zero attached hydrogens (tertiary/aromatic N) is 1. The van der Waals surface area contributed by atoms with Gasteiger partial charge in [-0.3, -0.25) is 0 Å². The molecular formula is C18H36N2O. The molecule has 0 aliphatic rings. The Morgan fingerprint density at radius 1 is 1.19 bits per heavy atom. The van der Waals surface area contributed by atoms with E-state index >= 15 is 0 Å². The van der Waals surface area contributed by atoms with Crippen molar-refractivity contribution in [2.45, 2.75) is 66.5 Å². The molecule has 0 aliphatic carbocycles. The van der Waals surface area contributed by atoms with Crippen LogP contribution in [0.4, 0.5) is 0 Å². The van der Waals surface area contributed by atoms with Crippen molar-refractivity contribution in [3.05, 3.63) is 24.4 Å². The second-order valence-electron chi connectivity index (χ2n) is 6.97. The van der Waals surface area contributed by atoms with Crippen molar-refractivity contribution in [3.8, 4) is 0 Å². The lowest BCUT2D eigenvalue weighted by atomic mass is 9.74. The summed E-state index contributed by atoms with van der Waals surface area (Å²) in [6, 6.07) is 0.187. The average Bonchev–Trinajstić information content (AvgIpc) is 2.33. The standard InChI is InChI=1S/C18H36N2O/c1-9-13-15(20(11-3)12-4)16(19-10-2)17(5,6)14-18(7,8)21/h9,13,16,19,21H,1,10-12,14H2,2-8H3. The summed E-state index contributed by atoms with van der Waals surface area (Å²) in [7, 11) is 0. The molecule has 0 saturated heterocycles. The highest BCUT2D eigenvalue weighted by Gasteiger charge is 2.37.